The molecule has 0 fully saturated rings. The van der Waals surface area contributed by atoms with Crippen molar-refractivity contribution in [3.63, 3.8) is 0 Å². The number of aryl methyl sites for hydroxylation is 1. The average Bonchev–Trinajstić information content (AvgIpc) is 2.93. The molecule has 27 heavy (non-hydrogen) atoms. The van der Waals surface area contributed by atoms with Crippen LogP contribution in [0.2, 0.25) is 0 Å². The van der Waals surface area contributed by atoms with E-state index in [0.29, 0.717) is 33.6 Å². The fourth-order valence-corrected chi connectivity index (χ4v) is 3.32. The number of nitrogens with zero attached hydrogens (tertiary/aromatic N) is 1. The summed E-state index contributed by atoms with van der Waals surface area (Å²) >= 11 is 0. The lowest BCUT2D eigenvalue weighted by molar-refractivity contribution is -0.122. The third-order valence-corrected chi connectivity index (χ3v) is 4.55. The maximum atomic E-state index is 13.1. The summed E-state index contributed by atoms with van der Waals surface area (Å²) in [5.74, 6) is -1.35. The number of hydrogen-bond acceptors (Lipinski definition) is 5. The molecule has 0 bridgehead atoms. The summed E-state index contributed by atoms with van der Waals surface area (Å²) in [5.41, 5.74) is 3.83. The van der Waals surface area contributed by atoms with Crippen LogP contribution in [0.4, 0.5) is 5.69 Å². The maximum absolute atomic E-state index is 13.1. The zero-order valence-electron chi connectivity index (χ0n) is 15.6. The number of hydrogen-bond donors (Lipinski definition) is 1. The number of methoxy groups -OCH3 is 1. The number of fused-ring (bicyclic) bond motifs is 1. The number of carbonyl (C=O) groups is 3. The standard InChI is InChI=1S/C21H20N2O4/c1-12-10-16-17(11-15(12)21(26)27-4)23(13(2)24)20(25)18(16)19(22-3)14-8-6-5-7-9-14/h5-11,22H,1-4H3/b19-18-. The quantitative estimate of drug-likeness (QED) is 0.669. The first-order valence-corrected chi connectivity index (χ1v) is 8.46. The summed E-state index contributed by atoms with van der Waals surface area (Å²) in [7, 11) is 3.02. The lowest BCUT2D eigenvalue weighted by Gasteiger charge is -2.14. The van der Waals surface area contributed by atoms with Crippen LogP contribution in [-0.4, -0.2) is 31.9 Å². The van der Waals surface area contributed by atoms with Crippen molar-refractivity contribution in [3.05, 3.63) is 64.7 Å². The highest BCUT2D eigenvalue weighted by Crippen LogP contribution is 2.41. The zero-order chi connectivity index (χ0) is 19.7. The summed E-state index contributed by atoms with van der Waals surface area (Å²) in [5, 5.41) is 3.09. The van der Waals surface area contributed by atoms with E-state index in [0.717, 1.165) is 10.5 Å². The van der Waals surface area contributed by atoms with Gasteiger partial charge in [0.05, 0.1) is 29.6 Å². The first-order chi connectivity index (χ1) is 12.9. The van der Waals surface area contributed by atoms with Gasteiger partial charge in [0.2, 0.25) is 5.91 Å². The van der Waals surface area contributed by atoms with Gasteiger partial charge in [-0.2, -0.15) is 0 Å². The number of amides is 2. The largest absolute Gasteiger partial charge is 0.465 e. The summed E-state index contributed by atoms with van der Waals surface area (Å²) in [6.45, 7) is 3.09. The molecule has 138 valence electrons. The van der Waals surface area contributed by atoms with E-state index < -0.39 is 17.8 Å². The van der Waals surface area contributed by atoms with E-state index in [1.807, 2.05) is 30.3 Å². The molecular formula is C21H20N2O4. The zero-order valence-corrected chi connectivity index (χ0v) is 15.6. The lowest BCUT2D eigenvalue weighted by atomic mass is 9.97. The first-order valence-electron chi connectivity index (χ1n) is 8.46. The van der Waals surface area contributed by atoms with Gasteiger partial charge in [-0.05, 0) is 30.2 Å². The van der Waals surface area contributed by atoms with Crippen LogP contribution < -0.4 is 10.2 Å². The second kappa shape index (κ2) is 7.07. The molecule has 3 rings (SSSR count). The van der Waals surface area contributed by atoms with Gasteiger partial charge in [0, 0.05) is 19.5 Å². The summed E-state index contributed by atoms with van der Waals surface area (Å²) in [6.07, 6.45) is 0. The van der Waals surface area contributed by atoms with Crippen molar-refractivity contribution in [3.8, 4) is 0 Å². The lowest BCUT2D eigenvalue weighted by Crippen LogP contribution is -2.31. The van der Waals surface area contributed by atoms with Crippen molar-refractivity contribution in [1.29, 1.82) is 0 Å². The molecule has 0 spiro atoms. The molecule has 0 aliphatic carbocycles. The Morgan fingerprint density at radius 1 is 1.11 bits per heavy atom. The molecule has 0 saturated carbocycles. The highest BCUT2D eigenvalue weighted by Gasteiger charge is 2.38. The molecule has 0 radical (unpaired) electrons. The van der Waals surface area contributed by atoms with Gasteiger partial charge < -0.3 is 10.1 Å². The molecule has 6 nitrogen and oxygen atoms in total. The smallest absolute Gasteiger partial charge is 0.338 e. The molecule has 0 saturated heterocycles. The third-order valence-electron chi connectivity index (χ3n) is 4.55. The Kier molecular flexibility index (Phi) is 4.81. The van der Waals surface area contributed by atoms with E-state index >= 15 is 0 Å². The van der Waals surface area contributed by atoms with Gasteiger partial charge in [0.1, 0.15) is 0 Å². The summed E-state index contributed by atoms with van der Waals surface area (Å²) < 4.78 is 4.81. The Labute approximate surface area is 157 Å². The molecule has 0 aromatic heterocycles. The summed E-state index contributed by atoms with van der Waals surface area (Å²) in [6, 6.07) is 12.7. The van der Waals surface area contributed by atoms with Crippen LogP contribution in [0.1, 0.15) is 34.0 Å². The molecule has 1 aliphatic heterocycles. The van der Waals surface area contributed by atoms with E-state index in [2.05, 4.69) is 5.32 Å². The number of benzene rings is 2. The normalized spacial score (nSPS) is 14.7. The minimum atomic E-state index is -0.513. The number of imide groups is 1. The minimum Gasteiger partial charge on any atom is -0.465 e. The number of carbonyl (C=O) groups excluding carboxylic acids is 3. The van der Waals surface area contributed by atoms with Crippen LogP contribution in [0.3, 0.4) is 0 Å². The fraction of sp³-hybridized carbons (Fsp3) is 0.190. The highest BCUT2D eigenvalue weighted by atomic mass is 16.5. The molecule has 0 atom stereocenters. The van der Waals surface area contributed by atoms with Crippen LogP contribution in [0.25, 0.3) is 11.3 Å². The highest BCUT2D eigenvalue weighted by molar-refractivity contribution is 6.43. The summed E-state index contributed by atoms with van der Waals surface area (Å²) in [4.78, 5) is 38.5. The van der Waals surface area contributed by atoms with E-state index in [9.17, 15) is 14.4 Å². The fourth-order valence-electron chi connectivity index (χ4n) is 3.32. The van der Waals surface area contributed by atoms with Crippen LogP contribution in [0, 0.1) is 6.92 Å². The average molecular weight is 364 g/mol. The van der Waals surface area contributed by atoms with E-state index in [-0.39, 0.29) is 0 Å². The van der Waals surface area contributed by atoms with Gasteiger partial charge in [-0.1, -0.05) is 30.3 Å². The van der Waals surface area contributed by atoms with Gasteiger partial charge >= 0.3 is 5.97 Å². The minimum absolute atomic E-state index is 0.322. The van der Waals surface area contributed by atoms with Crippen molar-refractivity contribution in [1.82, 2.24) is 5.32 Å². The van der Waals surface area contributed by atoms with Crippen molar-refractivity contribution >= 4 is 34.7 Å². The van der Waals surface area contributed by atoms with Crippen molar-refractivity contribution < 1.29 is 19.1 Å². The van der Waals surface area contributed by atoms with Crippen LogP contribution in [-0.2, 0) is 14.3 Å². The number of nitrogens with one attached hydrogen (secondary N) is 1. The Hall–Kier alpha value is -3.41. The Morgan fingerprint density at radius 2 is 1.78 bits per heavy atom. The molecule has 2 amide bonds. The van der Waals surface area contributed by atoms with Crippen LogP contribution in [0.5, 0.6) is 0 Å². The van der Waals surface area contributed by atoms with Crippen LogP contribution in [0.15, 0.2) is 42.5 Å². The molecule has 1 heterocycles. The van der Waals surface area contributed by atoms with Gasteiger partial charge in [-0.25, -0.2) is 9.69 Å². The Morgan fingerprint density at radius 3 is 2.33 bits per heavy atom. The second-order valence-corrected chi connectivity index (χ2v) is 6.20. The van der Waals surface area contributed by atoms with E-state index in [1.54, 1.807) is 26.1 Å². The molecule has 1 aliphatic rings. The predicted molar refractivity (Wildman–Crippen MR) is 103 cm³/mol. The number of esters is 1. The van der Waals surface area contributed by atoms with E-state index in [4.69, 9.17) is 4.74 Å². The monoisotopic (exact) mass is 364 g/mol. The third kappa shape index (κ3) is 2.99. The SMILES string of the molecule is CN/C(=C1\C(=O)N(C(C)=O)c2cc(C(=O)OC)c(C)cc21)c1ccccc1. The molecule has 1 N–H and O–H groups in total. The molecule has 2 aromatic rings. The topological polar surface area (TPSA) is 75.7 Å². The van der Waals surface area contributed by atoms with Crippen molar-refractivity contribution in [2.45, 2.75) is 13.8 Å². The number of anilines is 1. The second-order valence-electron chi connectivity index (χ2n) is 6.20. The molecule has 2 aromatic carbocycles. The van der Waals surface area contributed by atoms with Gasteiger partial charge in [-0.3, -0.25) is 9.59 Å². The Balaban J connectivity index is 2.33. The number of ether oxygens (including phenoxy) is 1. The Bertz CT molecular complexity index is 977. The first kappa shape index (κ1) is 18.4. The van der Waals surface area contributed by atoms with Gasteiger partial charge in [0.15, 0.2) is 0 Å². The van der Waals surface area contributed by atoms with Gasteiger partial charge in [-0.15, -0.1) is 0 Å². The maximum Gasteiger partial charge on any atom is 0.338 e. The van der Waals surface area contributed by atoms with Crippen molar-refractivity contribution in [2.24, 2.45) is 0 Å². The van der Waals surface area contributed by atoms with Crippen LogP contribution >= 0.6 is 0 Å². The molecule has 0 unspecified atom stereocenters. The number of rotatable bonds is 3. The van der Waals surface area contributed by atoms with Gasteiger partial charge in [0.25, 0.3) is 5.91 Å². The predicted octanol–water partition coefficient (Wildman–Crippen LogP) is 2.76. The van der Waals surface area contributed by atoms with Crippen molar-refractivity contribution in [2.75, 3.05) is 19.1 Å². The molecular weight excluding hydrogens is 344 g/mol. The van der Waals surface area contributed by atoms with E-state index in [1.165, 1.54) is 14.0 Å². The molecule has 6 heteroatoms.